The molecule has 0 radical (unpaired) electrons. The summed E-state index contributed by atoms with van der Waals surface area (Å²) in [6.07, 6.45) is 0.621. The predicted octanol–water partition coefficient (Wildman–Crippen LogP) is 5.05. The van der Waals surface area contributed by atoms with E-state index in [1.54, 1.807) is 6.92 Å². The first kappa shape index (κ1) is 13.8. The molecule has 0 aromatic heterocycles. The molecule has 0 bridgehead atoms. The van der Waals surface area contributed by atoms with Gasteiger partial charge in [-0.1, -0.05) is 23.2 Å². The van der Waals surface area contributed by atoms with Crippen molar-refractivity contribution >= 4 is 29.5 Å². The lowest BCUT2D eigenvalue weighted by atomic mass is 10.2. The zero-order valence-electron chi connectivity index (χ0n) is 9.91. The highest BCUT2D eigenvalue weighted by molar-refractivity contribution is 6.42. The Labute approximate surface area is 119 Å². The van der Waals surface area contributed by atoms with E-state index in [2.05, 4.69) is 0 Å². The fourth-order valence-corrected chi connectivity index (χ4v) is 1.90. The summed E-state index contributed by atoms with van der Waals surface area (Å²) in [5, 5.41) is 0.550. The molecular formula is C14H9Cl2FO2. The van der Waals surface area contributed by atoms with Crippen LogP contribution in [0.1, 0.15) is 15.9 Å². The molecule has 0 unspecified atom stereocenters. The molecule has 0 fully saturated rings. The first-order valence-electron chi connectivity index (χ1n) is 5.39. The molecule has 2 nitrogen and oxygen atoms in total. The Morgan fingerprint density at radius 2 is 1.79 bits per heavy atom. The molecule has 2 aromatic rings. The van der Waals surface area contributed by atoms with E-state index in [9.17, 15) is 9.18 Å². The monoisotopic (exact) mass is 298 g/mol. The van der Waals surface area contributed by atoms with Gasteiger partial charge in [-0.05, 0) is 36.8 Å². The first-order chi connectivity index (χ1) is 9.01. The van der Waals surface area contributed by atoms with Gasteiger partial charge < -0.3 is 4.74 Å². The summed E-state index contributed by atoms with van der Waals surface area (Å²) in [5.41, 5.74) is 0.890. The van der Waals surface area contributed by atoms with Crippen molar-refractivity contribution in [2.45, 2.75) is 6.92 Å². The minimum atomic E-state index is -0.352. The van der Waals surface area contributed by atoms with Crippen LogP contribution in [-0.4, -0.2) is 6.29 Å². The van der Waals surface area contributed by atoms with E-state index < -0.39 is 0 Å². The summed E-state index contributed by atoms with van der Waals surface area (Å²) in [6, 6.07) is 6.98. The van der Waals surface area contributed by atoms with E-state index in [1.807, 2.05) is 0 Å². The first-order valence-corrected chi connectivity index (χ1v) is 6.15. The molecule has 0 aliphatic heterocycles. The van der Waals surface area contributed by atoms with E-state index in [-0.39, 0.29) is 27.2 Å². The average molecular weight is 299 g/mol. The number of ether oxygens (including phenoxy) is 1. The van der Waals surface area contributed by atoms with Gasteiger partial charge in [0.05, 0.1) is 15.6 Å². The van der Waals surface area contributed by atoms with Crippen LogP contribution in [0, 0.1) is 12.7 Å². The van der Waals surface area contributed by atoms with Crippen molar-refractivity contribution in [2.75, 3.05) is 0 Å². The molecule has 5 heteroatoms. The van der Waals surface area contributed by atoms with Gasteiger partial charge in [-0.15, -0.1) is 0 Å². The third-order valence-corrected chi connectivity index (χ3v) is 3.26. The molecule has 0 spiro atoms. The van der Waals surface area contributed by atoms with Gasteiger partial charge in [-0.2, -0.15) is 0 Å². The second kappa shape index (κ2) is 5.59. The van der Waals surface area contributed by atoms with Gasteiger partial charge in [0.15, 0.2) is 6.29 Å². The Bertz CT molecular complexity index is 642. The van der Waals surface area contributed by atoms with Crippen LogP contribution in [0.25, 0.3) is 0 Å². The summed E-state index contributed by atoms with van der Waals surface area (Å²) >= 11 is 11.7. The quantitative estimate of drug-likeness (QED) is 0.742. The van der Waals surface area contributed by atoms with E-state index in [1.165, 1.54) is 30.3 Å². The highest BCUT2D eigenvalue weighted by Crippen LogP contribution is 2.33. The molecule has 0 saturated carbocycles. The molecule has 0 aliphatic rings. The lowest BCUT2D eigenvalue weighted by Crippen LogP contribution is -1.93. The highest BCUT2D eigenvalue weighted by atomic mass is 35.5. The molecule has 2 rings (SSSR count). The van der Waals surface area contributed by atoms with Gasteiger partial charge in [0.2, 0.25) is 0 Å². The highest BCUT2D eigenvalue weighted by Gasteiger charge is 2.10. The number of carbonyl (C=O) groups excluding carboxylic acids is 1. The molecule has 0 amide bonds. The van der Waals surface area contributed by atoms with Crippen LogP contribution in [-0.2, 0) is 0 Å². The van der Waals surface area contributed by atoms with Crippen molar-refractivity contribution in [3.8, 4) is 11.5 Å². The van der Waals surface area contributed by atoms with Gasteiger partial charge in [-0.25, -0.2) is 4.39 Å². The van der Waals surface area contributed by atoms with E-state index in [4.69, 9.17) is 27.9 Å². The Hall–Kier alpha value is -1.58. The molecule has 0 heterocycles. The number of aryl methyl sites for hydroxylation is 1. The van der Waals surface area contributed by atoms with Crippen LogP contribution in [0.3, 0.4) is 0 Å². The minimum Gasteiger partial charge on any atom is -0.456 e. The van der Waals surface area contributed by atoms with Gasteiger partial charge in [0, 0.05) is 6.07 Å². The van der Waals surface area contributed by atoms with Gasteiger partial charge in [0.1, 0.15) is 17.3 Å². The van der Waals surface area contributed by atoms with E-state index in [0.717, 1.165) is 0 Å². The summed E-state index contributed by atoms with van der Waals surface area (Å²) in [5.74, 6) is 0.372. The van der Waals surface area contributed by atoms with Crippen molar-refractivity contribution in [1.29, 1.82) is 0 Å². The summed E-state index contributed by atoms with van der Waals surface area (Å²) < 4.78 is 18.6. The van der Waals surface area contributed by atoms with Crippen LogP contribution in [0.4, 0.5) is 4.39 Å². The topological polar surface area (TPSA) is 26.3 Å². The largest absolute Gasteiger partial charge is 0.456 e. The van der Waals surface area contributed by atoms with Crippen molar-refractivity contribution in [2.24, 2.45) is 0 Å². The van der Waals surface area contributed by atoms with E-state index in [0.29, 0.717) is 17.6 Å². The molecule has 0 N–H and O–H groups in total. The second-order valence-corrected chi connectivity index (χ2v) is 4.75. The molecule has 0 aliphatic carbocycles. The maximum Gasteiger partial charge on any atom is 0.153 e. The normalized spacial score (nSPS) is 10.3. The maximum absolute atomic E-state index is 13.0. The van der Waals surface area contributed by atoms with Gasteiger partial charge >= 0.3 is 0 Å². The van der Waals surface area contributed by atoms with Crippen molar-refractivity contribution < 1.29 is 13.9 Å². The van der Waals surface area contributed by atoms with Crippen LogP contribution in [0.15, 0.2) is 30.3 Å². The molecule has 19 heavy (non-hydrogen) atoms. The number of aldehydes is 1. The van der Waals surface area contributed by atoms with Crippen molar-refractivity contribution in [3.63, 3.8) is 0 Å². The fraction of sp³-hybridized carbons (Fsp3) is 0.0714. The smallest absolute Gasteiger partial charge is 0.153 e. The standard InChI is InChI=1S/C14H9Cl2FO2/c1-8-4-10(17)2-3-13(8)19-14-6-12(16)11(15)5-9(14)7-18/h2-7H,1H3. The van der Waals surface area contributed by atoms with Crippen molar-refractivity contribution in [1.82, 2.24) is 0 Å². The lowest BCUT2D eigenvalue weighted by Gasteiger charge is -2.11. The number of halogens is 3. The zero-order valence-corrected chi connectivity index (χ0v) is 11.4. The predicted molar refractivity (Wildman–Crippen MR) is 73.1 cm³/mol. The number of hydrogen-bond donors (Lipinski definition) is 0. The van der Waals surface area contributed by atoms with Crippen LogP contribution in [0.2, 0.25) is 10.0 Å². The van der Waals surface area contributed by atoms with Crippen LogP contribution < -0.4 is 4.74 Å². The number of carbonyl (C=O) groups is 1. The van der Waals surface area contributed by atoms with Gasteiger partial charge in [-0.3, -0.25) is 4.79 Å². The molecule has 0 atom stereocenters. The summed E-state index contributed by atoms with van der Waals surface area (Å²) in [6.45, 7) is 1.70. The zero-order chi connectivity index (χ0) is 14.0. The Morgan fingerprint density at radius 3 is 2.42 bits per heavy atom. The number of hydrogen-bond acceptors (Lipinski definition) is 2. The Morgan fingerprint density at radius 1 is 1.11 bits per heavy atom. The van der Waals surface area contributed by atoms with Crippen molar-refractivity contribution in [3.05, 3.63) is 57.3 Å². The van der Waals surface area contributed by atoms with E-state index >= 15 is 0 Å². The molecule has 2 aromatic carbocycles. The third-order valence-electron chi connectivity index (χ3n) is 2.54. The molecule has 98 valence electrons. The molecule has 0 saturated heterocycles. The average Bonchev–Trinajstić information content (AvgIpc) is 2.36. The number of benzene rings is 2. The lowest BCUT2D eigenvalue weighted by molar-refractivity contribution is 0.112. The van der Waals surface area contributed by atoms with Crippen LogP contribution in [0.5, 0.6) is 11.5 Å². The Kier molecular flexibility index (Phi) is 4.08. The number of rotatable bonds is 3. The molecular weight excluding hydrogens is 290 g/mol. The maximum atomic E-state index is 13.0. The van der Waals surface area contributed by atoms with Crippen LogP contribution >= 0.6 is 23.2 Å². The third kappa shape index (κ3) is 3.06. The van der Waals surface area contributed by atoms with Gasteiger partial charge in [0.25, 0.3) is 0 Å². The fourth-order valence-electron chi connectivity index (χ4n) is 1.57. The summed E-state index contributed by atoms with van der Waals surface area (Å²) in [4.78, 5) is 11.0. The minimum absolute atomic E-state index is 0.270. The second-order valence-electron chi connectivity index (χ2n) is 3.93. The summed E-state index contributed by atoms with van der Waals surface area (Å²) in [7, 11) is 0. The Balaban J connectivity index is 2.42. The SMILES string of the molecule is Cc1cc(F)ccc1Oc1cc(Cl)c(Cl)cc1C=O.